The van der Waals surface area contributed by atoms with Crippen LogP contribution in [-0.4, -0.2) is 44.5 Å². The van der Waals surface area contributed by atoms with Gasteiger partial charge in [-0.1, -0.05) is 24.3 Å². The van der Waals surface area contributed by atoms with Crippen LogP contribution in [0.3, 0.4) is 0 Å². The van der Waals surface area contributed by atoms with E-state index in [4.69, 9.17) is 4.74 Å². The van der Waals surface area contributed by atoms with Crippen LogP contribution in [0.15, 0.2) is 53.4 Å². The number of carbonyl (C=O) groups is 1. The van der Waals surface area contributed by atoms with Crippen LogP contribution in [0.4, 0.5) is 18.9 Å². The maximum absolute atomic E-state index is 13.3. The van der Waals surface area contributed by atoms with E-state index in [0.717, 1.165) is 12.1 Å². The minimum absolute atomic E-state index is 0.0480. The molecule has 0 aliphatic carbocycles. The number of alkyl halides is 3. The maximum Gasteiger partial charge on any atom is 0.417 e. The molecular weight excluding hydrogens is 421 g/mol. The van der Waals surface area contributed by atoms with Gasteiger partial charge in [-0.15, -0.1) is 0 Å². The molecule has 1 N–H and O–H groups in total. The van der Waals surface area contributed by atoms with Gasteiger partial charge in [-0.3, -0.25) is 9.52 Å². The molecule has 0 spiro atoms. The molecule has 30 heavy (non-hydrogen) atoms. The number of nitrogens with zero attached hydrogens (tertiary/aromatic N) is 1. The molecule has 0 radical (unpaired) electrons. The lowest BCUT2D eigenvalue weighted by Gasteiger charge is -2.35. The Hall–Kier alpha value is -2.59. The summed E-state index contributed by atoms with van der Waals surface area (Å²) in [6.07, 6.45) is -5.23. The maximum atomic E-state index is 13.3. The van der Waals surface area contributed by atoms with Crippen molar-refractivity contribution in [3.8, 4) is 0 Å². The number of benzene rings is 2. The Bertz CT molecular complexity index is 1030. The molecule has 1 amide bonds. The Balaban J connectivity index is 1.95. The first-order valence-corrected chi connectivity index (χ1v) is 10.7. The highest BCUT2D eigenvalue weighted by molar-refractivity contribution is 7.92. The minimum Gasteiger partial charge on any atom is -0.372 e. The molecule has 0 saturated carbocycles. The average molecular weight is 442 g/mol. The summed E-state index contributed by atoms with van der Waals surface area (Å²) in [5.41, 5.74) is -1.32. The third kappa shape index (κ3) is 4.76. The van der Waals surface area contributed by atoms with Crippen molar-refractivity contribution < 1.29 is 31.1 Å². The molecule has 1 saturated heterocycles. The van der Waals surface area contributed by atoms with Crippen LogP contribution in [0.5, 0.6) is 0 Å². The SMILES string of the molecule is CC1CN(C(=O)c2ccccc2NS(=O)(=O)c2ccccc2C(F)(F)F)CC(C)O1. The van der Waals surface area contributed by atoms with Gasteiger partial charge in [0.2, 0.25) is 0 Å². The molecule has 10 heteroatoms. The van der Waals surface area contributed by atoms with Crippen molar-refractivity contribution in [3.05, 3.63) is 59.7 Å². The Morgan fingerprint density at radius 3 is 2.23 bits per heavy atom. The number of rotatable bonds is 4. The highest BCUT2D eigenvalue weighted by atomic mass is 32.2. The fourth-order valence-electron chi connectivity index (χ4n) is 3.41. The summed E-state index contributed by atoms with van der Waals surface area (Å²) in [6.45, 7) is 4.28. The summed E-state index contributed by atoms with van der Waals surface area (Å²) in [7, 11) is -4.60. The predicted octanol–water partition coefficient (Wildman–Crippen LogP) is 3.76. The van der Waals surface area contributed by atoms with Gasteiger partial charge in [-0.25, -0.2) is 8.42 Å². The lowest BCUT2D eigenvalue weighted by Crippen LogP contribution is -2.48. The van der Waals surface area contributed by atoms with Gasteiger partial charge in [0.15, 0.2) is 0 Å². The minimum atomic E-state index is -4.85. The number of nitrogens with one attached hydrogen (secondary N) is 1. The zero-order chi connectivity index (χ0) is 22.1. The van der Waals surface area contributed by atoms with Crippen molar-refractivity contribution in [2.45, 2.75) is 37.1 Å². The third-order valence-electron chi connectivity index (χ3n) is 4.59. The summed E-state index contributed by atoms with van der Waals surface area (Å²) < 4.78 is 73.1. The predicted molar refractivity (Wildman–Crippen MR) is 105 cm³/mol. The van der Waals surface area contributed by atoms with Crippen molar-refractivity contribution >= 4 is 21.6 Å². The van der Waals surface area contributed by atoms with E-state index in [1.807, 2.05) is 13.8 Å². The van der Waals surface area contributed by atoms with Gasteiger partial charge in [-0.05, 0) is 38.1 Å². The lowest BCUT2D eigenvalue weighted by molar-refractivity contribution is -0.139. The Labute approximate surface area is 172 Å². The van der Waals surface area contributed by atoms with Crippen molar-refractivity contribution in [1.29, 1.82) is 0 Å². The van der Waals surface area contributed by atoms with E-state index in [2.05, 4.69) is 4.72 Å². The van der Waals surface area contributed by atoms with E-state index in [-0.39, 0.29) is 23.5 Å². The van der Waals surface area contributed by atoms with Gasteiger partial charge in [0.05, 0.1) is 33.9 Å². The highest BCUT2D eigenvalue weighted by Gasteiger charge is 2.37. The zero-order valence-corrected chi connectivity index (χ0v) is 17.1. The van der Waals surface area contributed by atoms with E-state index >= 15 is 0 Å². The third-order valence-corrected chi connectivity index (χ3v) is 6.01. The summed E-state index contributed by atoms with van der Waals surface area (Å²) in [4.78, 5) is 13.6. The molecule has 1 aliphatic heterocycles. The number of ether oxygens (including phenoxy) is 1. The zero-order valence-electron chi connectivity index (χ0n) is 16.3. The number of halogens is 3. The molecule has 1 aliphatic rings. The van der Waals surface area contributed by atoms with Crippen molar-refractivity contribution in [2.24, 2.45) is 0 Å². The molecule has 2 unspecified atom stereocenters. The molecule has 1 heterocycles. The average Bonchev–Trinajstić information content (AvgIpc) is 2.66. The lowest BCUT2D eigenvalue weighted by atomic mass is 10.1. The molecule has 2 aromatic rings. The van der Waals surface area contributed by atoms with E-state index in [9.17, 15) is 26.4 Å². The van der Waals surface area contributed by atoms with Gasteiger partial charge in [0.1, 0.15) is 0 Å². The van der Waals surface area contributed by atoms with E-state index in [1.54, 1.807) is 6.07 Å². The quantitative estimate of drug-likeness (QED) is 0.783. The molecule has 0 aromatic heterocycles. The molecule has 0 bridgehead atoms. The largest absolute Gasteiger partial charge is 0.417 e. The number of morpholine rings is 1. The fourth-order valence-corrected chi connectivity index (χ4v) is 4.72. The fraction of sp³-hybridized carbons (Fsp3) is 0.350. The number of anilines is 1. The number of hydrogen-bond acceptors (Lipinski definition) is 4. The van der Waals surface area contributed by atoms with E-state index in [0.29, 0.717) is 19.2 Å². The van der Waals surface area contributed by atoms with Crippen LogP contribution in [-0.2, 0) is 20.9 Å². The first-order valence-electron chi connectivity index (χ1n) is 9.22. The van der Waals surface area contributed by atoms with Gasteiger partial charge in [0, 0.05) is 13.1 Å². The summed E-state index contributed by atoms with van der Waals surface area (Å²) >= 11 is 0. The number of para-hydroxylation sites is 1. The van der Waals surface area contributed by atoms with Gasteiger partial charge in [0.25, 0.3) is 15.9 Å². The van der Waals surface area contributed by atoms with E-state index in [1.165, 1.54) is 29.2 Å². The Kier molecular flexibility index (Phi) is 6.09. The van der Waals surface area contributed by atoms with Crippen LogP contribution in [0.2, 0.25) is 0 Å². The van der Waals surface area contributed by atoms with Crippen LogP contribution in [0.25, 0.3) is 0 Å². The first kappa shape index (κ1) is 22.1. The molecule has 2 aromatic carbocycles. The highest BCUT2D eigenvalue weighted by Crippen LogP contribution is 2.35. The Morgan fingerprint density at radius 1 is 1.03 bits per heavy atom. The second-order valence-electron chi connectivity index (χ2n) is 7.11. The van der Waals surface area contributed by atoms with E-state index < -0.39 is 32.6 Å². The number of hydrogen-bond donors (Lipinski definition) is 1. The molecule has 162 valence electrons. The van der Waals surface area contributed by atoms with Crippen molar-refractivity contribution in [2.75, 3.05) is 17.8 Å². The summed E-state index contributed by atoms with van der Waals surface area (Å²) in [6, 6.07) is 9.71. The standard InChI is InChI=1S/C20H21F3N2O4S/c1-13-11-25(12-14(2)29-13)19(26)15-7-3-5-9-17(15)24-30(27,28)18-10-6-4-8-16(18)20(21,22)23/h3-10,13-14,24H,11-12H2,1-2H3. The van der Waals surface area contributed by atoms with Gasteiger partial charge in [-0.2, -0.15) is 13.2 Å². The molecule has 2 atom stereocenters. The molecule has 3 rings (SSSR count). The van der Waals surface area contributed by atoms with Gasteiger partial charge >= 0.3 is 6.18 Å². The molecular formula is C20H21F3N2O4S. The molecule has 6 nitrogen and oxygen atoms in total. The number of carbonyl (C=O) groups excluding carboxylic acids is 1. The number of amides is 1. The smallest absolute Gasteiger partial charge is 0.372 e. The van der Waals surface area contributed by atoms with Crippen molar-refractivity contribution in [3.63, 3.8) is 0 Å². The van der Waals surface area contributed by atoms with Crippen molar-refractivity contribution in [1.82, 2.24) is 4.90 Å². The van der Waals surface area contributed by atoms with Crippen LogP contribution in [0.1, 0.15) is 29.8 Å². The normalized spacial score (nSPS) is 20.1. The number of sulfonamides is 1. The van der Waals surface area contributed by atoms with Crippen LogP contribution >= 0.6 is 0 Å². The van der Waals surface area contributed by atoms with Crippen LogP contribution in [0, 0.1) is 0 Å². The summed E-state index contributed by atoms with van der Waals surface area (Å²) in [5.74, 6) is -0.431. The monoisotopic (exact) mass is 442 g/mol. The topological polar surface area (TPSA) is 75.7 Å². The molecule has 1 fully saturated rings. The first-order chi connectivity index (χ1) is 14.0. The van der Waals surface area contributed by atoms with Crippen LogP contribution < -0.4 is 4.72 Å². The van der Waals surface area contributed by atoms with Gasteiger partial charge < -0.3 is 9.64 Å². The Morgan fingerprint density at radius 2 is 1.60 bits per heavy atom. The second-order valence-corrected chi connectivity index (χ2v) is 8.76. The second kappa shape index (κ2) is 8.27. The summed E-state index contributed by atoms with van der Waals surface area (Å²) in [5, 5.41) is 0.